The fourth-order valence-corrected chi connectivity index (χ4v) is 1.09. The minimum absolute atomic E-state index is 0.431. The average Bonchev–Trinajstić information content (AvgIpc) is 2.17. The number of nitrogens with zero attached hydrogens (tertiary/aromatic N) is 2. The van der Waals surface area contributed by atoms with E-state index in [0.717, 1.165) is 10.9 Å². The van der Waals surface area contributed by atoms with Crippen molar-refractivity contribution in [2.45, 2.75) is 0 Å². The fourth-order valence-electron chi connectivity index (χ4n) is 1.09. The van der Waals surface area contributed by atoms with E-state index in [1.165, 1.54) is 6.33 Å². The summed E-state index contributed by atoms with van der Waals surface area (Å²) in [5.41, 5.74) is 2.83. The number of fused-ring (bicyclic) bond motifs is 1. The van der Waals surface area contributed by atoms with Gasteiger partial charge in [0, 0.05) is 5.39 Å². The maximum absolute atomic E-state index is 8.70. The standard InChI is InChI=1S/C8H7N3O/c12-11-8-6-3-1-2-4-7(6)9-5-10-8/h1-5,12H,(H,9,10,11). The van der Waals surface area contributed by atoms with Crippen molar-refractivity contribution in [1.29, 1.82) is 0 Å². The van der Waals surface area contributed by atoms with E-state index < -0.39 is 0 Å². The lowest BCUT2D eigenvalue weighted by atomic mass is 10.2. The number of anilines is 1. The highest BCUT2D eigenvalue weighted by Gasteiger charge is 1.99. The molecule has 0 spiro atoms. The van der Waals surface area contributed by atoms with Gasteiger partial charge in [-0.3, -0.25) is 10.7 Å². The molecule has 0 bridgehead atoms. The molecule has 1 aromatic heterocycles. The first kappa shape index (κ1) is 7.00. The highest BCUT2D eigenvalue weighted by molar-refractivity contribution is 5.88. The molecule has 0 aliphatic carbocycles. The molecular formula is C8H7N3O. The normalized spacial score (nSPS) is 10.1. The van der Waals surface area contributed by atoms with E-state index in [1.54, 1.807) is 0 Å². The van der Waals surface area contributed by atoms with Gasteiger partial charge >= 0.3 is 0 Å². The highest BCUT2D eigenvalue weighted by atomic mass is 16.5. The molecule has 0 saturated heterocycles. The first-order chi connectivity index (χ1) is 5.92. The zero-order valence-corrected chi connectivity index (χ0v) is 6.23. The number of hydrogen-bond acceptors (Lipinski definition) is 4. The van der Waals surface area contributed by atoms with Crippen LogP contribution in [0.1, 0.15) is 0 Å². The molecule has 0 saturated carbocycles. The third kappa shape index (κ3) is 0.981. The van der Waals surface area contributed by atoms with Gasteiger partial charge in [-0.05, 0) is 12.1 Å². The lowest BCUT2D eigenvalue weighted by Gasteiger charge is -2.00. The topological polar surface area (TPSA) is 58.0 Å². The maximum Gasteiger partial charge on any atom is 0.160 e. The molecule has 2 N–H and O–H groups in total. The molecule has 4 nitrogen and oxygen atoms in total. The van der Waals surface area contributed by atoms with Crippen molar-refractivity contribution in [3.05, 3.63) is 30.6 Å². The molecule has 0 aliphatic heterocycles. The molecule has 0 fully saturated rings. The van der Waals surface area contributed by atoms with E-state index in [1.807, 2.05) is 29.7 Å². The molecule has 12 heavy (non-hydrogen) atoms. The molecule has 0 unspecified atom stereocenters. The van der Waals surface area contributed by atoms with Crippen LogP contribution in [0.2, 0.25) is 0 Å². The van der Waals surface area contributed by atoms with Crippen LogP contribution in [-0.4, -0.2) is 15.2 Å². The van der Waals surface area contributed by atoms with Crippen LogP contribution >= 0.6 is 0 Å². The summed E-state index contributed by atoms with van der Waals surface area (Å²) >= 11 is 0. The Bertz CT molecular complexity index is 397. The number of para-hydroxylation sites is 1. The molecule has 60 valence electrons. The summed E-state index contributed by atoms with van der Waals surface area (Å²) in [4.78, 5) is 7.88. The van der Waals surface area contributed by atoms with Crippen LogP contribution in [-0.2, 0) is 0 Å². The van der Waals surface area contributed by atoms with E-state index >= 15 is 0 Å². The van der Waals surface area contributed by atoms with Crippen LogP contribution < -0.4 is 5.48 Å². The van der Waals surface area contributed by atoms with Gasteiger partial charge < -0.3 is 0 Å². The predicted octanol–water partition coefficient (Wildman–Crippen LogP) is 1.43. The first-order valence-electron chi connectivity index (χ1n) is 3.51. The number of rotatable bonds is 1. The molecule has 0 amide bonds. The second-order valence-corrected chi connectivity index (χ2v) is 2.35. The van der Waals surface area contributed by atoms with Crippen molar-refractivity contribution in [2.75, 3.05) is 5.48 Å². The Morgan fingerprint density at radius 3 is 2.83 bits per heavy atom. The molecule has 1 aromatic carbocycles. The van der Waals surface area contributed by atoms with Crippen LogP contribution in [0.4, 0.5) is 5.82 Å². The summed E-state index contributed by atoms with van der Waals surface area (Å²) in [6.07, 6.45) is 1.40. The van der Waals surface area contributed by atoms with Crippen LogP contribution in [0, 0.1) is 0 Å². The van der Waals surface area contributed by atoms with Gasteiger partial charge in [0.1, 0.15) is 6.33 Å². The van der Waals surface area contributed by atoms with E-state index in [0.29, 0.717) is 5.82 Å². The Kier molecular flexibility index (Phi) is 1.60. The number of aromatic nitrogens is 2. The van der Waals surface area contributed by atoms with Crippen molar-refractivity contribution in [1.82, 2.24) is 9.97 Å². The Morgan fingerprint density at radius 1 is 1.17 bits per heavy atom. The average molecular weight is 161 g/mol. The van der Waals surface area contributed by atoms with Crippen LogP contribution in [0.15, 0.2) is 30.6 Å². The summed E-state index contributed by atoms with van der Waals surface area (Å²) < 4.78 is 0. The molecular weight excluding hydrogens is 154 g/mol. The molecule has 4 heteroatoms. The zero-order valence-electron chi connectivity index (χ0n) is 6.23. The lowest BCUT2D eigenvalue weighted by Crippen LogP contribution is -1.94. The summed E-state index contributed by atoms with van der Waals surface area (Å²) in [5, 5.41) is 9.50. The second kappa shape index (κ2) is 2.75. The zero-order chi connectivity index (χ0) is 8.39. The summed E-state index contributed by atoms with van der Waals surface area (Å²) in [5.74, 6) is 0.431. The molecule has 1 heterocycles. The number of nitrogens with one attached hydrogen (secondary N) is 1. The SMILES string of the molecule is ONc1ncnc2ccccc12. The Hall–Kier alpha value is -1.68. The van der Waals surface area contributed by atoms with Gasteiger partial charge in [-0.1, -0.05) is 12.1 Å². The number of benzene rings is 1. The van der Waals surface area contributed by atoms with Gasteiger partial charge in [-0.2, -0.15) is 0 Å². The van der Waals surface area contributed by atoms with Gasteiger partial charge in [0.2, 0.25) is 0 Å². The predicted molar refractivity (Wildman–Crippen MR) is 44.9 cm³/mol. The van der Waals surface area contributed by atoms with Gasteiger partial charge in [-0.25, -0.2) is 9.97 Å². The quantitative estimate of drug-likeness (QED) is 0.621. The Labute approximate surface area is 68.9 Å². The molecule has 0 aliphatic rings. The van der Waals surface area contributed by atoms with Crippen molar-refractivity contribution in [3.63, 3.8) is 0 Å². The van der Waals surface area contributed by atoms with Gasteiger partial charge in [-0.15, -0.1) is 0 Å². The van der Waals surface area contributed by atoms with Gasteiger partial charge in [0.15, 0.2) is 5.82 Å². The van der Waals surface area contributed by atoms with E-state index in [-0.39, 0.29) is 0 Å². The second-order valence-electron chi connectivity index (χ2n) is 2.35. The third-order valence-electron chi connectivity index (χ3n) is 1.65. The van der Waals surface area contributed by atoms with Crippen molar-refractivity contribution >= 4 is 16.7 Å². The molecule has 2 aromatic rings. The first-order valence-corrected chi connectivity index (χ1v) is 3.51. The van der Waals surface area contributed by atoms with Crippen molar-refractivity contribution in [3.8, 4) is 0 Å². The highest BCUT2D eigenvalue weighted by Crippen LogP contribution is 2.16. The van der Waals surface area contributed by atoms with Crippen LogP contribution in [0.5, 0.6) is 0 Å². The molecule has 0 atom stereocenters. The summed E-state index contributed by atoms with van der Waals surface area (Å²) in [7, 11) is 0. The van der Waals surface area contributed by atoms with Gasteiger partial charge in [0.25, 0.3) is 0 Å². The molecule has 2 rings (SSSR count). The van der Waals surface area contributed by atoms with E-state index in [9.17, 15) is 0 Å². The Balaban J connectivity index is 2.79. The third-order valence-corrected chi connectivity index (χ3v) is 1.65. The lowest BCUT2D eigenvalue weighted by molar-refractivity contribution is 0.387. The van der Waals surface area contributed by atoms with E-state index in [2.05, 4.69) is 9.97 Å². The fraction of sp³-hybridized carbons (Fsp3) is 0. The smallest absolute Gasteiger partial charge is 0.160 e. The number of hydrogen-bond donors (Lipinski definition) is 2. The molecule has 0 radical (unpaired) electrons. The minimum Gasteiger partial charge on any atom is -0.290 e. The van der Waals surface area contributed by atoms with Crippen LogP contribution in [0.3, 0.4) is 0 Å². The van der Waals surface area contributed by atoms with Crippen molar-refractivity contribution < 1.29 is 5.21 Å². The van der Waals surface area contributed by atoms with E-state index in [4.69, 9.17) is 5.21 Å². The largest absolute Gasteiger partial charge is 0.290 e. The van der Waals surface area contributed by atoms with Gasteiger partial charge in [0.05, 0.1) is 5.52 Å². The Morgan fingerprint density at radius 2 is 2.00 bits per heavy atom. The minimum atomic E-state index is 0.431. The van der Waals surface area contributed by atoms with Crippen LogP contribution in [0.25, 0.3) is 10.9 Å². The monoisotopic (exact) mass is 161 g/mol. The summed E-state index contributed by atoms with van der Waals surface area (Å²) in [6, 6.07) is 7.45. The van der Waals surface area contributed by atoms with Crippen molar-refractivity contribution in [2.24, 2.45) is 0 Å². The summed E-state index contributed by atoms with van der Waals surface area (Å²) in [6.45, 7) is 0. The maximum atomic E-state index is 8.70.